The summed E-state index contributed by atoms with van der Waals surface area (Å²) in [5, 5.41) is 12.6. The van der Waals surface area contributed by atoms with Crippen LogP contribution in [0.5, 0.6) is 0 Å². The largest absolute Gasteiger partial charge is 0.354 e. The molecular weight excluding hydrogens is 234 g/mol. The number of nitrogens with zero attached hydrogens (tertiary/aromatic N) is 2. The first kappa shape index (κ1) is 11.4. The molecule has 0 saturated heterocycles. The van der Waals surface area contributed by atoms with Crippen molar-refractivity contribution in [1.82, 2.24) is 4.98 Å². The van der Waals surface area contributed by atoms with E-state index in [1.165, 1.54) is 0 Å². The van der Waals surface area contributed by atoms with Crippen LogP contribution in [0.1, 0.15) is 11.3 Å². The first-order valence-electron chi connectivity index (χ1n) is 5.08. The van der Waals surface area contributed by atoms with Crippen LogP contribution in [0.4, 0.5) is 11.4 Å². The van der Waals surface area contributed by atoms with Gasteiger partial charge in [0.1, 0.15) is 11.8 Å². The SMILES string of the molecule is Cc1ccc(Cl)c(Nc2ccnc(C#N)c2)c1. The highest BCUT2D eigenvalue weighted by Gasteiger charge is 2.02. The molecule has 0 atom stereocenters. The Bertz CT molecular complexity index is 587. The van der Waals surface area contributed by atoms with Crippen molar-refractivity contribution in [3.05, 3.63) is 52.8 Å². The molecule has 1 aromatic heterocycles. The van der Waals surface area contributed by atoms with Crippen LogP contribution in [0, 0.1) is 18.3 Å². The Balaban J connectivity index is 2.31. The molecular formula is C13H10ClN3. The maximum atomic E-state index is 8.76. The molecule has 0 bridgehead atoms. The van der Waals surface area contributed by atoms with Crippen molar-refractivity contribution >= 4 is 23.0 Å². The Morgan fingerprint density at radius 3 is 2.88 bits per heavy atom. The molecule has 1 N–H and O–H groups in total. The van der Waals surface area contributed by atoms with Gasteiger partial charge >= 0.3 is 0 Å². The normalized spacial score (nSPS) is 9.71. The van der Waals surface area contributed by atoms with Crippen LogP contribution in [0.15, 0.2) is 36.5 Å². The van der Waals surface area contributed by atoms with E-state index in [0.717, 1.165) is 16.9 Å². The van der Waals surface area contributed by atoms with Crippen LogP contribution >= 0.6 is 11.6 Å². The minimum absolute atomic E-state index is 0.374. The Labute approximate surface area is 105 Å². The fourth-order valence-electron chi connectivity index (χ4n) is 1.46. The van der Waals surface area contributed by atoms with E-state index in [-0.39, 0.29) is 0 Å². The lowest BCUT2D eigenvalue weighted by Crippen LogP contribution is -1.93. The van der Waals surface area contributed by atoms with E-state index in [1.54, 1.807) is 18.3 Å². The van der Waals surface area contributed by atoms with Gasteiger partial charge in [-0.1, -0.05) is 17.7 Å². The summed E-state index contributed by atoms with van der Waals surface area (Å²) in [5.74, 6) is 0. The van der Waals surface area contributed by atoms with Gasteiger partial charge in [0.05, 0.1) is 10.7 Å². The quantitative estimate of drug-likeness (QED) is 0.876. The first-order valence-corrected chi connectivity index (χ1v) is 5.46. The van der Waals surface area contributed by atoms with Crippen LogP contribution in [-0.4, -0.2) is 4.98 Å². The summed E-state index contributed by atoms with van der Waals surface area (Å²) in [6, 6.07) is 11.2. The Kier molecular flexibility index (Phi) is 3.27. The number of aromatic nitrogens is 1. The summed E-state index contributed by atoms with van der Waals surface area (Å²) in [6.45, 7) is 1.99. The van der Waals surface area contributed by atoms with Crippen molar-refractivity contribution in [2.75, 3.05) is 5.32 Å². The topological polar surface area (TPSA) is 48.7 Å². The molecule has 17 heavy (non-hydrogen) atoms. The van der Waals surface area contributed by atoms with E-state index in [4.69, 9.17) is 16.9 Å². The van der Waals surface area contributed by atoms with E-state index in [9.17, 15) is 0 Å². The minimum atomic E-state index is 0.374. The van der Waals surface area contributed by atoms with E-state index in [2.05, 4.69) is 10.3 Å². The summed E-state index contributed by atoms with van der Waals surface area (Å²) < 4.78 is 0. The zero-order valence-electron chi connectivity index (χ0n) is 9.24. The molecule has 0 radical (unpaired) electrons. The number of nitrogens with one attached hydrogen (secondary N) is 1. The number of anilines is 2. The zero-order chi connectivity index (χ0) is 12.3. The number of hydrogen-bond acceptors (Lipinski definition) is 3. The van der Waals surface area contributed by atoms with Gasteiger partial charge in [-0.3, -0.25) is 0 Å². The van der Waals surface area contributed by atoms with Gasteiger partial charge in [-0.15, -0.1) is 0 Å². The third kappa shape index (κ3) is 2.74. The van der Waals surface area contributed by atoms with Gasteiger partial charge < -0.3 is 5.32 Å². The number of rotatable bonds is 2. The molecule has 2 aromatic rings. The maximum absolute atomic E-state index is 8.76. The number of hydrogen-bond donors (Lipinski definition) is 1. The Morgan fingerprint density at radius 2 is 2.12 bits per heavy atom. The number of pyridine rings is 1. The summed E-state index contributed by atoms with van der Waals surface area (Å²) in [6.07, 6.45) is 1.59. The second kappa shape index (κ2) is 4.86. The van der Waals surface area contributed by atoms with Gasteiger partial charge in [0, 0.05) is 11.9 Å². The predicted octanol–water partition coefficient (Wildman–Crippen LogP) is 3.66. The van der Waals surface area contributed by atoms with Gasteiger partial charge in [0.25, 0.3) is 0 Å². The number of nitriles is 1. The molecule has 0 spiro atoms. The molecule has 0 unspecified atom stereocenters. The average Bonchev–Trinajstić information content (AvgIpc) is 2.34. The van der Waals surface area contributed by atoms with Crippen LogP contribution < -0.4 is 5.32 Å². The number of halogens is 1. The van der Waals surface area contributed by atoms with Crippen molar-refractivity contribution in [2.24, 2.45) is 0 Å². The van der Waals surface area contributed by atoms with Gasteiger partial charge in [0.2, 0.25) is 0 Å². The van der Waals surface area contributed by atoms with E-state index in [1.807, 2.05) is 31.2 Å². The van der Waals surface area contributed by atoms with Crippen molar-refractivity contribution in [2.45, 2.75) is 6.92 Å². The molecule has 1 aromatic carbocycles. The number of aryl methyl sites for hydroxylation is 1. The lowest BCUT2D eigenvalue weighted by Gasteiger charge is -2.09. The molecule has 0 fully saturated rings. The van der Waals surface area contributed by atoms with E-state index >= 15 is 0 Å². The molecule has 0 aliphatic carbocycles. The van der Waals surface area contributed by atoms with E-state index in [0.29, 0.717) is 10.7 Å². The molecule has 0 saturated carbocycles. The molecule has 4 heteroatoms. The van der Waals surface area contributed by atoms with Crippen LogP contribution in [-0.2, 0) is 0 Å². The molecule has 0 aliphatic heterocycles. The molecule has 2 rings (SSSR count). The highest BCUT2D eigenvalue weighted by atomic mass is 35.5. The highest BCUT2D eigenvalue weighted by molar-refractivity contribution is 6.33. The summed E-state index contributed by atoms with van der Waals surface area (Å²) in [7, 11) is 0. The van der Waals surface area contributed by atoms with E-state index < -0.39 is 0 Å². The lowest BCUT2D eigenvalue weighted by atomic mass is 10.2. The molecule has 0 amide bonds. The monoisotopic (exact) mass is 243 g/mol. The van der Waals surface area contributed by atoms with Crippen molar-refractivity contribution in [3.8, 4) is 6.07 Å². The summed E-state index contributed by atoms with van der Waals surface area (Å²) in [5.41, 5.74) is 3.11. The lowest BCUT2D eigenvalue weighted by molar-refractivity contribution is 1.26. The summed E-state index contributed by atoms with van der Waals surface area (Å²) in [4.78, 5) is 3.91. The Hall–Kier alpha value is -2.05. The second-order valence-corrected chi connectivity index (χ2v) is 4.06. The molecule has 0 aliphatic rings. The average molecular weight is 244 g/mol. The predicted molar refractivity (Wildman–Crippen MR) is 68.4 cm³/mol. The minimum Gasteiger partial charge on any atom is -0.354 e. The highest BCUT2D eigenvalue weighted by Crippen LogP contribution is 2.26. The van der Waals surface area contributed by atoms with Gasteiger partial charge in [-0.25, -0.2) is 4.98 Å². The summed E-state index contributed by atoms with van der Waals surface area (Å²) >= 11 is 6.08. The zero-order valence-corrected chi connectivity index (χ0v) is 9.99. The van der Waals surface area contributed by atoms with Crippen molar-refractivity contribution in [1.29, 1.82) is 5.26 Å². The van der Waals surface area contributed by atoms with Crippen molar-refractivity contribution < 1.29 is 0 Å². The third-order valence-electron chi connectivity index (χ3n) is 2.28. The fraction of sp³-hybridized carbons (Fsp3) is 0.0769. The molecule has 1 heterocycles. The maximum Gasteiger partial charge on any atom is 0.142 e. The van der Waals surface area contributed by atoms with Gasteiger partial charge in [-0.05, 0) is 36.8 Å². The number of benzene rings is 1. The standard InChI is InChI=1S/C13H10ClN3/c1-9-2-3-12(14)13(6-9)17-10-4-5-16-11(7-10)8-15/h2-7H,1H3,(H,16,17). The van der Waals surface area contributed by atoms with Crippen LogP contribution in [0.3, 0.4) is 0 Å². The first-order chi connectivity index (χ1) is 8.19. The molecule has 84 valence electrons. The van der Waals surface area contributed by atoms with Gasteiger partial charge in [-0.2, -0.15) is 5.26 Å². The third-order valence-corrected chi connectivity index (χ3v) is 2.60. The van der Waals surface area contributed by atoms with Crippen molar-refractivity contribution in [3.63, 3.8) is 0 Å². The smallest absolute Gasteiger partial charge is 0.142 e. The second-order valence-electron chi connectivity index (χ2n) is 3.65. The molecule has 3 nitrogen and oxygen atoms in total. The Morgan fingerprint density at radius 1 is 1.29 bits per heavy atom. The fourth-order valence-corrected chi connectivity index (χ4v) is 1.62. The van der Waals surface area contributed by atoms with Crippen LogP contribution in [0.25, 0.3) is 0 Å². The van der Waals surface area contributed by atoms with Gasteiger partial charge in [0.15, 0.2) is 0 Å². The van der Waals surface area contributed by atoms with Crippen LogP contribution in [0.2, 0.25) is 5.02 Å².